The van der Waals surface area contributed by atoms with Crippen LogP contribution in [0.2, 0.25) is 0 Å². The Hall–Kier alpha value is -2.90. The van der Waals surface area contributed by atoms with E-state index in [-0.39, 0.29) is 17.9 Å². The van der Waals surface area contributed by atoms with Gasteiger partial charge in [0.15, 0.2) is 0 Å². The van der Waals surface area contributed by atoms with Crippen LogP contribution in [0, 0.1) is 5.92 Å². The third kappa shape index (κ3) is 6.33. The minimum Gasteiger partial charge on any atom is -0.468 e. The molecule has 0 aliphatic carbocycles. The van der Waals surface area contributed by atoms with E-state index in [4.69, 9.17) is 4.42 Å². The summed E-state index contributed by atoms with van der Waals surface area (Å²) < 4.78 is 5.57. The normalized spacial score (nSPS) is 18.3. The molecule has 3 aromatic rings. The van der Waals surface area contributed by atoms with Crippen molar-refractivity contribution in [2.45, 2.75) is 65.1 Å². The second-order valence-corrected chi connectivity index (χ2v) is 11.3. The van der Waals surface area contributed by atoms with Crippen molar-refractivity contribution < 1.29 is 14.0 Å². The zero-order valence-corrected chi connectivity index (χ0v) is 23.2. The molecule has 2 amide bonds. The summed E-state index contributed by atoms with van der Waals surface area (Å²) >= 11 is 1.61. The molecule has 3 heterocycles. The second-order valence-electron chi connectivity index (χ2n) is 10.3. The number of hydrogen-bond acceptors (Lipinski definition) is 5. The van der Waals surface area contributed by atoms with Crippen LogP contribution in [-0.2, 0) is 11.3 Å². The average Bonchev–Trinajstić information content (AvgIpc) is 3.61. The molecule has 4 rings (SSSR count). The Bertz CT molecular complexity index is 1140. The van der Waals surface area contributed by atoms with Gasteiger partial charge in [-0.3, -0.25) is 14.5 Å². The summed E-state index contributed by atoms with van der Waals surface area (Å²) in [5.41, 5.74) is 1.46. The molecule has 3 atom stereocenters. The van der Waals surface area contributed by atoms with Gasteiger partial charge < -0.3 is 14.6 Å². The van der Waals surface area contributed by atoms with E-state index in [0.717, 1.165) is 42.1 Å². The van der Waals surface area contributed by atoms with Crippen LogP contribution < -0.4 is 5.32 Å². The van der Waals surface area contributed by atoms with E-state index < -0.39 is 5.92 Å². The van der Waals surface area contributed by atoms with Gasteiger partial charge in [0.2, 0.25) is 5.91 Å². The van der Waals surface area contributed by atoms with Crippen LogP contribution in [0.4, 0.5) is 0 Å². The number of thiophene rings is 1. The summed E-state index contributed by atoms with van der Waals surface area (Å²) in [5.74, 6) is 0.792. The molecule has 0 saturated heterocycles. The molecule has 0 radical (unpaired) electrons. The fourth-order valence-electron chi connectivity index (χ4n) is 5.17. The molecule has 1 aromatic carbocycles. The van der Waals surface area contributed by atoms with Crippen LogP contribution in [-0.4, -0.2) is 47.3 Å². The third-order valence-electron chi connectivity index (χ3n) is 7.19. The molecule has 6 nitrogen and oxygen atoms in total. The van der Waals surface area contributed by atoms with E-state index in [1.807, 2.05) is 58.8 Å². The van der Waals surface area contributed by atoms with E-state index >= 15 is 0 Å². The lowest BCUT2D eigenvalue weighted by atomic mass is 9.81. The van der Waals surface area contributed by atoms with E-state index in [1.165, 1.54) is 0 Å². The van der Waals surface area contributed by atoms with Gasteiger partial charge in [0.25, 0.3) is 5.91 Å². The molecule has 37 heavy (non-hydrogen) atoms. The number of amides is 2. The zero-order chi connectivity index (χ0) is 26.4. The largest absolute Gasteiger partial charge is 0.468 e. The highest BCUT2D eigenvalue weighted by atomic mass is 32.1. The first kappa shape index (κ1) is 27.1. The van der Waals surface area contributed by atoms with Gasteiger partial charge in [0.05, 0.1) is 24.8 Å². The van der Waals surface area contributed by atoms with Crippen molar-refractivity contribution in [2.24, 2.45) is 5.92 Å². The third-order valence-corrected chi connectivity index (χ3v) is 8.14. The summed E-state index contributed by atoms with van der Waals surface area (Å²) in [7, 11) is 0. The number of carbonyl (C=O) groups is 2. The quantitative estimate of drug-likeness (QED) is 0.293. The van der Waals surface area contributed by atoms with Gasteiger partial charge in [-0.25, -0.2) is 0 Å². The SMILES string of the molecule is CCC(C)N(CCCNC(=O)C1c2ccccc2C(=O)N(CC(C)C)C1c1cccs1)Cc1ccco1. The Balaban J connectivity index is 1.51. The minimum absolute atomic E-state index is 0.00821. The number of hydrogen-bond donors (Lipinski definition) is 1. The molecule has 1 N–H and O–H groups in total. The van der Waals surface area contributed by atoms with E-state index in [0.29, 0.717) is 30.6 Å². The Morgan fingerprint density at radius 1 is 1.14 bits per heavy atom. The summed E-state index contributed by atoms with van der Waals surface area (Å²) in [4.78, 5) is 32.8. The maximum atomic E-state index is 13.8. The first-order chi connectivity index (χ1) is 17.9. The van der Waals surface area contributed by atoms with Crippen molar-refractivity contribution in [3.63, 3.8) is 0 Å². The predicted molar refractivity (Wildman–Crippen MR) is 149 cm³/mol. The van der Waals surface area contributed by atoms with E-state index in [9.17, 15) is 9.59 Å². The smallest absolute Gasteiger partial charge is 0.254 e. The van der Waals surface area contributed by atoms with Crippen LogP contribution in [0.1, 0.15) is 79.1 Å². The van der Waals surface area contributed by atoms with Crippen molar-refractivity contribution in [3.05, 3.63) is 81.9 Å². The molecule has 2 aromatic heterocycles. The van der Waals surface area contributed by atoms with Gasteiger partial charge in [0.1, 0.15) is 5.76 Å². The summed E-state index contributed by atoms with van der Waals surface area (Å²) in [6.45, 7) is 11.5. The van der Waals surface area contributed by atoms with E-state index in [1.54, 1.807) is 17.6 Å². The predicted octanol–water partition coefficient (Wildman–Crippen LogP) is 6.08. The molecule has 3 unspecified atom stereocenters. The molecule has 1 aliphatic heterocycles. The lowest BCUT2D eigenvalue weighted by Gasteiger charge is -2.42. The lowest BCUT2D eigenvalue weighted by molar-refractivity contribution is -0.124. The summed E-state index contributed by atoms with van der Waals surface area (Å²) in [6, 6.07) is 15.7. The Kier molecular flexibility index (Phi) is 9.22. The molecule has 7 heteroatoms. The summed E-state index contributed by atoms with van der Waals surface area (Å²) in [6.07, 6.45) is 3.60. The highest BCUT2D eigenvalue weighted by Crippen LogP contribution is 2.44. The fourth-order valence-corrected chi connectivity index (χ4v) is 6.04. The molecule has 1 aliphatic rings. The first-order valence-corrected chi connectivity index (χ1v) is 14.3. The van der Waals surface area contributed by atoms with Crippen LogP contribution in [0.15, 0.2) is 64.6 Å². The molecule has 0 fully saturated rings. The fraction of sp³-hybridized carbons (Fsp3) is 0.467. The Morgan fingerprint density at radius 3 is 2.62 bits per heavy atom. The molecule has 0 spiro atoms. The van der Waals surface area contributed by atoms with Crippen molar-refractivity contribution in [1.29, 1.82) is 0 Å². The highest BCUT2D eigenvalue weighted by molar-refractivity contribution is 7.10. The Morgan fingerprint density at radius 2 is 1.95 bits per heavy atom. The zero-order valence-electron chi connectivity index (χ0n) is 22.4. The molecule has 0 bridgehead atoms. The van der Waals surface area contributed by atoms with Gasteiger partial charge in [-0.1, -0.05) is 45.0 Å². The summed E-state index contributed by atoms with van der Waals surface area (Å²) in [5, 5.41) is 5.24. The van der Waals surface area contributed by atoms with Gasteiger partial charge >= 0.3 is 0 Å². The lowest BCUT2D eigenvalue weighted by Crippen LogP contribution is -2.48. The highest BCUT2D eigenvalue weighted by Gasteiger charge is 2.44. The van der Waals surface area contributed by atoms with E-state index in [2.05, 4.69) is 37.9 Å². The number of nitrogens with zero attached hydrogens (tertiary/aromatic N) is 2. The minimum atomic E-state index is -0.444. The van der Waals surface area contributed by atoms with Crippen molar-refractivity contribution in [1.82, 2.24) is 15.1 Å². The second kappa shape index (κ2) is 12.6. The van der Waals surface area contributed by atoms with Crippen LogP contribution in [0.25, 0.3) is 0 Å². The molecule has 0 saturated carbocycles. The number of nitrogens with one attached hydrogen (secondary N) is 1. The standard InChI is InChI=1S/C30H39N3O3S/c1-5-22(4)32(20-23-11-8-17-36-23)16-10-15-31-29(34)27-24-12-6-7-13-25(24)30(35)33(19-21(2)3)28(27)26-14-9-18-37-26/h6-9,11-14,17-18,21-22,27-28H,5,10,15-16,19-20H2,1-4H3,(H,31,34). The maximum Gasteiger partial charge on any atom is 0.254 e. The Labute approximate surface area is 224 Å². The van der Waals surface area contributed by atoms with Gasteiger partial charge in [0, 0.05) is 36.1 Å². The molecular weight excluding hydrogens is 482 g/mol. The molecule has 198 valence electrons. The topological polar surface area (TPSA) is 65.8 Å². The number of rotatable bonds is 12. The van der Waals surface area contributed by atoms with Gasteiger partial charge in [-0.15, -0.1) is 11.3 Å². The van der Waals surface area contributed by atoms with Crippen molar-refractivity contribution >= 4 is 23.2 Å². The number of carbonyl (C=O) groups excluding carboxylic acids is 2. The van der Waals surface area contributed by atoms with Crippen LogP contribution >= 0.6 is 11.3 Å². The maximum absolute atomic E-state index is 13.8. The van der Waals surface area contributed by atoms with Crippen LogP contribution in [0.5, 0.6) is 0 Å². The van der Waals surface area contributed by atoms with Crippen molar-refractivity contribution in [3.8, 4) is 0 Å². The average molecular weight is 522 g/mol. The van der Waals surface area contributed by atoms with Gasteiger partial charge in [-0.05, 0) is 60.9 Å². The number of fused-ring (bicyclic) bond motifs is 1. The number of benzene rings is 1. The van der Waals surface area contributed by atoms with Crippen molar-refractivity contribution in [2.75, 3.05) is 19.6 Å². The first-order valence-electron chi connectivity index (χ1n) is 13.4. The number of furan rings is 1. The van der Waals surface area contributed by atoms with Crippen LogP contribution in [0.3, 0.4) is 0 Å². The van der Waals surface area contributed by atoms with Gasteiger partial charge in [-0.2, -0.15) is 0 Å². The monoisotopic (exact) mass is 521 g/mol. The molecular formula is C30H39N3O3S.